The number of hydrogen-bond donors (Lipinski definition) is 2. The Bertz CT molecular complexity index is 811. The Balaban J connectivity index is 1.61. The summed E-state index contributed by atoms with van der Waals surface area (Å²) in [5.74, 6) is 0.895. The minimum Gasteiger partial charge on any atom is -0.493 e. The van der Waals surface area contributed by atoms with Gasteiger partial charge in [-0.25, -0.2) is 4.79 Å². The predicted octanol–water partition coefficient (Wildman–Crippen LogP) is 2.35. The van der Waals surface area contributed by atoms with Crippen molar-refractivity contribution in [3.63, 3.8) is 0 Å². The Morgan fingerprint density at radius 3 is 2.42 bits per heavy atom. The fourth-order valence-corrected chi connectivity index (χ4v) is 3.52. The maximum absolute atomic E-state index is 12.9. The summed E-state index contributed by atoms with van der Waals surface area (Å²) in [6.45, 7) is 7.13. The number of likely N-dealkylation sites (tertiary alicyclic amines) is 1. The maximum Gasteiger partial charge on any atom is 0.410 e. The summed E-state index contributed by atoms with van der Waals surface area (Å²) in [6, 6.07) is 3.29. The first-order valence-electron chi connectivity index (χ1n) is 10.6. The fourth-order valence-electron chi connectivity index (χ4n) is 3.52. The standard InChI is InChI=1S/C22H32N2O7/c1-21(2,3)31-20(26)24-10-8-22(27,9-11-24)14-23-19(25)15-6-7-16(28-4)18-17(15)29-12-5-13-30-18/h6-7,27H,5,8-14H2,1-4H3,(H,23,25). The van der Waals surface area contributed by atoms with E-state index in [1.165, 1.54) is 7.11 Å². The van der Waals surface area contributed by atoms with Gasteiger partial charge in [-0.15, -0.1) is 0 Å². The molecule has 0 radical (unpaired) electrons. The van der Waals surface area contributed by atoms with Crippen molar-refractivity contribution in [1.82, 2.24) is 10.2 Å². The number of nitrogens with one attached hydrogen (secondary N) is 1. The Labute approximate surface area is 182 Å². The Kier molecular flexibility index (Phi) is 6.83. The molecule has 31 heavy (non-hydrogen) atoms. The van der Waals surface area contributed by atoms with Gasteiger partial charge in [-0.1, -0.05) is 0 Å². The zero-order valence-electron chi connectivity index (χ0n) is 18.7. The van der Waals surface area contributed by atoms with Gasteiger partial charge in [0, 0.05) is 26.1 Å². The third-order valence-corrected chi connectivity index (χ3v) is 5.25. The van der Waals surface area contributed by atoms with Gasteiger partial charge in [0.1, 0.15) is 5.60 Å². The van der Waals surface area contributed by atoms with Crippen molar-refractivity contribution >= 4 is 12.0 Å². The number of ether oxygens (including phenoxy) is 4. The molecule has 2 aliphatic rings. The SMILES string of the molecule is COc1ccc(C(=O)NCC2(O)CCN(C(=O)OC(C)(C)C)CC2)c2c1OCCCO2. The van der Waals surface area contributed by atoms with Gasteiger partial charge in [-0.3, -0.25) is 4.79 Å². The number of fused-ring (bicyclic) bond motifs is 1. The Morgan fingerprint density at radius 2 is 1.81 bits per heavy atom. The van der Waals surface area contributed by atoms with Crippen LogP contribution >= 0.6 is 0 Å². The molecule has 0 aliphatic carbocycles. The van der Waals surface area contributed by atoms with Crippen molar-refractivity contribution in [3.8, 4) is 17.2 Å². The van der Waals surface area contributed by atoms with Gasteiger partial charge in [-0.05, 0) is 45.7 Å². The molecule has 0 bridgehead atoms. The molecule has 0 aromatic heterocycles. The lowest BCUT2D eigenvalue weighted by Gasteiger charge is -2.38. The number of amides is 2. The van der Waals surface area contributed by atoms with Crippen LogP contribution in [-0.2, 0) is 4.74 Å². The molecular weight excluding hydrogens is 404 g/mol. The highest BCUT2D eigenvalue weighted by molar-refractivity contribution is 5.98. The largest absolute Gasteiger partial charge is 0.493 e. The molecule has 0 spiro atoms. The highest BCUT2D eigenvalue weighted by Crippen LogP contribution is 2.41. The van der Waals surface area contributed by atoms with Gasteiger partial charge in [-0.2, -0.15) is 0 Å². The van der Waals surface area contributed by atoms with E-state index in [4.69, 9.17) is 18.9 Å². The van der Waals surface area contributed by atoms with Crippen molar-refractivity contribution in [1.29, 1.82) is 0 Å². The van der Waals surface area contributed by atoms with E-state index in [0.717, 1.165) is 0 Å². The molecule has 0 atom stereocenters. The van der Waals surface area contributed by atoms with Crippen LogP contribution in [0.25, 0.3) is 0 Å². The third kappa shape index (κ3) is 5.72. The summed E-state index contributed by atoms with van der Waals surface area (Å²) in [4.78, 5) is 26.6. The smallest absolute Gasteiger partial charge is 0.410 e. The zero-order valence-corrected chi connectivity index (χ0v) is 18.7. The first-order valence-corrected chi connectivity index (χ1v) is 10.6. The number of rotatable bonds is 4. The second-order valence-corrected chi connectivity index (χ2v) is 8.90. The van der Waals surface area contributed by atoms with Gasteiger partial charge in [0.05, 0.1) is 31.5 Å². The number of hydrogen-bond acceptors (Lipinski definition) is 7. The van der Waals surface area contributed by atoms with Gasteiger partial charge in [0.2, 0.25) is 5.75 Å². The minimum absolute atomic E-state index is 0.0651. The molecule has 1 saturated heterocycles. The molecule has 2 heterocycles. The summed E-state index contributed by atoms with van der Waals surface area (Å²) in [5.41, 5.74) is -1.34. The number of nitrogens with zero attached hydrogens (tertiary/aromatic N) is 1. The predicted molar refractivity (Wildman–Crippen MR) is 113 cm³/mol. The van der Waals surface area contributed by atoms with E-state index < -0.39 is 17.3 Å². The van der Waals surface area contributed by atoms with E-state index in [1.54, 1.807) is 17.0 Å². The van der Waals surface area contributed by atoms with Gasteiger partial charge in [0.25, 0.3) is 5.91 Å². The number of aliphatic hydroxyl groups is 1. The second kappa shape index (κ2) is 9.21. The molecule has 172 valence electrons. The van der Waals surface area contributed by atoms with E-state index in [0.29, 0.717) is 68.4 Å². The highest BCUT2D eigenvalue weighted by Gasteiger charge is 2.36. The highest BCUT2D eigenvalue weighted by atomic mass is 16.6. The summed E-state index contributed by atoms with van der Waals surface area (Å²) in [5, 5.41) is 13.7. The topological polar surface area (TPSA) is 107 Å². The molecular formula is C22H32N2O7. The number of carbonyl (C=O) groups is 2. The van der Waals surface area contributed by atoms with Gasteiger partial charge in [0.15, 0.2) is 11.5 Å². The first-order chi connectivity index (χ1) is 14.6. The van der Waals surface area contributed by atoms with Crippen LogP contribution in [0.2, 0.25) is 0 Å². The summed E-state index contributed by atoms with van der Waals surface area (Å²) >= 11 is 0. The molecule has 0 saturated carbocycles. The van der Waals surface area contributed by atoms with Crippen LogP contribution in [0.5, 0.6) is 17.2 Å². The molecule has 2 amide bonds. The molecule has 2 N–H and O–H groups in total. The van der Waals surface area contributed by atoms with Crippen LogP contribution in [0.3, 0.4) is 0 Å². The quantitative estimate of drug-likeness (QED) is 0.746. The van der Waals surface area contributed by atoms with Gasteiger partial charge >= 0.3 is 6.09 Å². The van der Waals surface area contributed by atoms with E-state index in [1.807, 2.05) is 20.8 Å². The number of methoxy groups -OCH3 is 1. The normalized spacial score (nSPS) is 18.0. The molecule has 1 fully saturated rings. The molecule has 2 aliphatic heterocycles. The lowest BCUT2D eigenvalue weighted by molar-refractivity contribution is -0.0303. The third-order valence-electron chi connectivity index (χ3n) is 5.25. The summed E-state index contributed by atoms with van der Waals surface area (Å²) in [6.07, 6.45) is 0.989. The molecule has 1 aromatic rings. The summed E-state index contributed by atoms with van der Waals surface area (Å²) in [7, 11) is 1.53. The van der Waals surface area contributed by atoms with Crippen LogP contribution in [0, 0.1) is 0 Å². The second-order valence-electron chi connectivity index (χ2n) is 8.90. The van der Waals surface area contributed by atoms with Crippen molar-refractivity contribution in [2.45, 2.75) is 51.2 Å². The molecule has 0 unspecified atom stereocenters. The average molecular weight is 437 g/mol. The summed E-state index contributed by atoms with van der Waals surface area (Å²) < 4.78 is 22.2. The number of benzene rings is 1. The van der Waals surface area contributed by atoms with Crippen LogP contribution in [0.4, 0.5) is 4.79 Å². The molecule has 9 nitrogen and oxygen atoms in total. The fraction of sp³-hybridized carbons (Fsp3) is 0.636. The van der Waals surface area contributed by atoms with Crippen molar-refractivity contribution in [3.05, 3.63) is 17.7 Å². The Morgan fingerprint density at radius 1 is 1.16 bits per heavy atom. The van der Waals surface area contributed by atoms with Crippen molar-refractivity contribution < 1.29 is 33.6 Å². The van der Waals surface area contributed by atoms with E-state index in [9.17, 15) is 14.7 Å². The number of piperidine rings is 1. The lowest BCUT2D eigenvalue weighted by Crippen LogP contribution is -2.52. The zero-order chi connectivity index (χ0) is 22.6. The van der Waals surface area contributed by atoms with Gasteiger partial charge < -0.3 is 34.3 Å². The average Bonchev–Trinajstić information content (AvgIpc) is 2.97. The monoisotopic (exact) mass is 436 g/mol. The van der Waals surface area contributed by atoms with Crippen molar-refractivity contribution in [2.24, 2.45) is 0 Å². The molecule has 3 rings (SSSR count). The van der Waals surface area contributed by atoms with Crippen molar-refractivity contribution in [2.75, 3.05) is 40.0 Å². The number of carbonyl (C=O) groups excluding carboxylic acids is 2. The first kappa shape index (κ1) is 23.0. The van der Waals surface area contributed by atoms with Crippen LogP contribution in [-0.4, -0.2) is 73.2 Å². The Hall–Kier alpha value is -2.68. The van der Waals surface area contributed by atoms with E-state index >= 15 is 0 Å². The maximum atomic E-state index is 12.9. The molecule has 9 heteroatoms. The van der Waals surface area contributed by atoms with Crippen LogP contribution < -0.4 is 19.5 Å². The van der Waals surface area contributed by atoms with E-state index in [-0.39, 0.29) is 12.5 Å². The minimum atomic E-state index is -1.10. The van der Waals surface area contributed by atoms with Crippen LogP contribution in [0.15, 0.2) is 12.1 Å². The molecule has 1 aromatic carbocycles. The van der Waals surface area contributed by atoms with E-state index in [2.05, 4.69) is 5.32 Å². The lowest BCUT2D eigenvalue weighted by atomic mass is 9.91. The van der Waals surface area contributed by atoms with Crippen LogP contribution in [0.1, 0.15) is 50.4 Å².